The number of rotatable bonds is 3. The van der Waals surface area contributed by atoms with Crippen LogP contribution in [0.5, 0.6) is 0 Å². The van der Waals surface area contributed by atoms with Gasteiger partial charge in [0.15, 0.2) is 0 Å². The molecule has 0 N–H and O–H groups in total. The van der Waals surface area contributed by atoms with Crippen LogP contribution >= 0.6 is 0 Å². The number of hydrogen-bond donors (Lipinski definition) is 0. The quantitative estimate of drug-likeness (QED) is 0.705. The monoisotopic (exact) mass is 191 g/mol. The minimum atomic E-state index is 0.869. The SMILES string of the molecule is [c]1cccc(CCN2CCOCC2)n1. The Hall–Kier alpha value is -0.930. The zero-order chi connectivity index (χ0) is 9.64. The summed E-state index contributed by atoms with van der Waals surface area (Å²) in [7, 11) is 0. The Labute approximate surface area is 84.7 Å². The number of ether oxygens (including phenoxy) is 1. The van der Waals surface area contributed by atoms with Crippen molar-refractivity contribution in [1.29, 1.82) is 0 Å². The second kappa shape index (κ2) is 5.08. The number of hydrogen-bond acceptors (Lipinski definition) is 3. The Morgan fingerprint density at radius 3 is 3.00 bits per heavy atom. The lowest BCUT2D eigenvalue weighted by Gasteiger charge is -2.26. The van der Waals surface area contributed by atoms with Gasteiger partial charge < -0.3 is 4.74 Å². The number of morpholine rings is 1. The van der Waals surface area contributed by atoms with Crippen LogP contribution in [0, 0.1) is 6.20 Å². The fourth-order valence-electron chi connectivity index (χ4n) is 1.60. The lowest BCUT2D eigenvalue weighted by molar-refractivity contribution is 0.0383. The molecule has 1 aromatic rings. The Morgan fingerprint density at radius 1 is 1.43 bits per heavy atom. The second-order valence-corrected chi connectivity index (χ2v) is 3.46. The highest BCUT2D eigenvalue weighted by atomic mass is 16.5. The van der Waals surface area contributed by atoms with Crippen molar-refractivity contribution in [1.82, 2.24) is 9.88 Å². The van der Waals surface area contributed by atoms with Crippen LogP contribution in [-0.2, 0) is 11.2 Å². The van der Waals surface area contributed by atoms with E-state index in [2.05, 4.69) is 22.1 Å². The summed E-state index contributed by atoms with van der Waals surface area (Å²) in [4.78, 5) is 6.60. The number of nitrogens with zero attached hydrogens (tertiary/aromatic N) is 2. The van der Waals surface area contributed by atoms with Gasteiger partial charge in [0.1, 0.15) is 0 Å². The van der Waals surface area contributed by atoms with Gasteiger partial charge in [-0.15, -0.1) is 0 Å². The summed E-state index contributed by atoms with van der Waals surface area (Å²) in [6, 6.07) is 5.87. The first-order chi connectivity index (χ1) is 6.95. The first-order valence-electron chi connectivity index (χ1n) is 5.07. The standard InChI is InChI=1S/C11H15N2O/c1-2-5-12-11(3-1)4-6-13-7-9-14-10-8-13/h1-3H,4,6-10H2. The molecule has 3 heteroatoms. The van der Waals surface area contributed by atoms with Crippen LogP contribution in [0.1, 0.15) is 5.69 Å². The van der Waals surface area contributed by atoms with Crippen LogP contribution < -0.4 is 0 Å². The van der Waals surface area contributed by atoms with Crippen molar-refractivity contribution in [3.63, 3.8) is 0 Å². The van der Waals surface area contributed by atoms with Gasteiger partial charge in [0.2, 0.25) is 0 Å². The summed E-state index contributed by atoms with van der Waals surface area (Å²) in [5.74, 6) is 0. The predicted molar refractivity (Wildman–Crippen MR) is 54.0 cm³/mol. The molecule has 0 atom stereocenters. The smallest absolute Gasteiger partial charge is 0.0889 e. The summed E-state index contributed by atoms with van der Waals surface area (Å²) in [6.07, 6.45) is 3.87. The minimum Gasteiger partial charge on any atom is -0.379 e. The zero-order valence-corrected chi connectivity index (χ0v) is 8.28. The largest absolute Gasteiger partial charge is 0.379 e. The molecule has 0 spiro atoms. The Morgan fingerprint density at radius 2 is 2.29 bits per heavy atom. The van der Waals surface area contributed by atoms with Crippen molar-refractivity contribution in [3.05, 3.63) is 30.1 Å². The molecule has 2 heterocycles. The van der Waals surface area contributed by atoms with E-state index in [1.54, 1.807) is 0 Å². The maximum absolute atomic E-state index is 5.29. The summed E-state index contributed by atoms with van der Waals surface area (Å²) in [6.45, 7) is 4.92. The van der Waals surface area contributed by atoms with E-state index in [-0.39, 0.29) is 0 Å². The predicted octanol–water partition coefficient (Wildman–Crippen LogP) is 0.756. The van der Waals surface area contributed by atoms with Crippen molar-refractivity contribution in [2.24, 2.45) is 0 Å². The van der Waals surface area contributed by atoms with Gasteiger partial charge in [-0.3, -0.25) is 9.88 Å². The third-order valence-electron chi connectivity index (χ3n) is 2.46. The van der Waals surface area contributed by atoms with Crippen LogP contribution in [0.4, 0.5) is 0 Å². The highest BCUT2D eigenvalue weighted by Gasteiger charge is 2.09. The number of aromatic nitrogens is 1. The molecule has 0 aliphatic carbocycles. The number of pyridine rings is 1. The third-order valence-corrected chi connectivity index (χ3v) is 2.46. The zero-order valence-electron chi connectivity index (χ0n) is 8.28. The highest BCUT2D eigenvalue weighted by molar-refractivity contribution is 5.03. The molecule has 2 rings (SSSR count). The van der Waals surface area contributed by atoms with E-state index < -0.39 is 0 Å². The second-order valence-electron chi connectivity index (χ2n) is 3.46. The van der Waals surface area contributed by atoms with Crippen molar-refractivity contribution >= 4 is 0 Å². The van der Waals surface area contributed by atoms with Gasteiger partial charge in [0, 0.05) is 31.7 Å². The van der Waals surface area contributed by atoms with Crippen molar-refractivity contribution in [2.45, 2.75) is 6.42 Å². The molecule has 1 aliphatic rings. The van der Waals surface area contributed by atoms with Gasteiger partial charge in [-0.05, 0) is 12.1 Å². The van der Waals surface area contributed by atoms with Gasteiger partial charge in [0.05, 0.1) is 19.4 Å². The fourth-order valence-corrected chi connectivity index (χ4v) is 1.60. The summed E-state index contributed by atoms with van der Waals surface area (Å²) in [5, 5.41) is 0. The third kappa shape index (κ3) is 2.79. The van der Waals surface area contributed by atoms with Gasteiger partial charge in [-0.25, -0.2) is 0 Å². The summed E-state index contributed by atoms with van der Waals surface area (Å²) >= 11 is 0. The van der Waals surface area contributed by atoms with Crippen LogP contribution in [0.2, 0.25) is 0 Å². The lowest BCUT2D eigenvalue weighted by Crippen LogP contribution is -2.37. The molecule has 0 amide bonds. The lowest BCUT2D eigenvalue weighted by atomic mass is 10.2. The average Bonchev–Trinajstić information content (AvgIpc) is 2.29. The Bertz CT molecular complexity index is 257. The minimum absolute atomic E-state index is 0.869. The molecule has 1 aromatic heterocycles. The van der Waals surface area contributed by atoms with Gasteiger partial charge in [-0.1, -0.05) is 6.07 Å². The first kappa shape index (κ1) is 9.62. The molecule has 0 bridgehead atoms. The van der Waals surface area contributed by atoms with Crippen molar-refractivity contribution in [3.8, 4) is 0 Å². The molecular weight excluding hydrogens is 176 g/mol. The van der Waals surface area contributed by atoms with E-state index in [0.717, 1.165) is 45.0 Å². The molecule has 1 fully saturated rings. The van der Waals surface area contributed by atoms with Crippen molar-refractivity contribution in [2.75, 3.05) is 32.8 Å². The topological polar surface area (TPSA) is 25.4 Å². The van der Waals surface area contributed by atoms with Crippen LogP contribution in [0.15, 0.2) is 18.2 Å². The average molecular weight is 191 g/mol. The van der Waals surface area contributed by atoms with Gasteiger partial charge in [-0.2, -0.15) is 0 Å². The normalized spacial score (nSPS) is 18.3. The molecular formula is C11H15N2O. The van der Waals surface area contributed by atoms with E-state index in [4.69, 9.17) is 4.74 Å². The van der Waals surface area contributed by atoms with E-state index in [0.29, 0.717) is 0 Å². The highest BCUT2D eigenvalue weighted by Crippen LogP contribution is 2.00. The molecule has 1 saturated heterocycles. The molecule has 0 saturated carbocycles. The molecule has 3 nitrogen and oxygen atoms in total. The van der Waals surface area contributed by atoms with Crippen molar-refractivity contribution < 1.29 is 4.74 Å². The molecule has 0 unspecified atom stereocenters. The Kier molecular flexibility index (Phi) is 3.49. The molecule has 14 heavy (non-hydrogen) atoms. The fraction of sp³-hybridized carbons (Fsp3) is 0.545. The van der Waals surface area contributed by atoms with E-state index in [1.807, 2.05) is 12.1 Å². The molecule has 1 aliphatic heterocycles. The van der Waals surface area contributed by atoms with E-state index in [1.165, 1.54) is 0 Å². The maximum atomic E-state index is 5.29. The molecule has 1 radical (unpaired) electrons. The van der Waals surface area contributed by atoms with Crippen LogP contribution in [0.25, 0.3) is 0 Å². The van der Waals surface area contributed by atoms with Crippen LogP contribution in [0.3, 0.4) is 0 Å². The maximum Gasteiger partial charge on any atom is 0.0889 e. The molecule has 75 valence electrons. The van der Waals surface area contributed by atoms with Crippen LogP contribution in [-0.4, -0.2) is 42.7 Å². The van der Waals surface area contributed by atoms with Gasteiger partial charge >= 0.3 is 0 Å². The first-order valence-corrected chi connectivity index (χ1v) is 5.07. The van der Waals surface area contributed by atoms with E-state index in [9.17, 15) is 0 Å². The summed E-state index contributed by atoms with van der Waals surface area (Å²) < 4.78 is 5.29. The molecule has 0 aromatic carbocycles. The van der Waals surface area contributed by atoms with Gasteiger partial charge in [0.25, 0.3) is 0 Å². The summed E-state index contributed by atoms with van der Waals surface area (Å²) in [5.41, 5.74) is 1.12. The Balaban J connectivity index is 1.76. The van der Waals surface area contributed by atoms with E-state index >= 15 is 0 Å².